The zero-order chi connectivity index (χ0) is 6.85. The van der Waals surface area contributed by atoms with Gasteiger partial charge in [0, 0.05) is 7.05 Å². The maximum absolute atomic E-state index is 8.44. The van der Waals surface area contributed by atoms with E-state index in [9.17, 15) is 0 Å². The molecule has 0 radical (unpaired) electrons. The molecule has 1 heterocycles. The molecule has 1 aromatic heterocycles. The van der Waals surface area contributed by atoms with E-state index >= 15 is 0 Å². The monoisotopic (exact) mass is 184 g/mol. The zero-order valence-electron chi connectivity index (χ0n) is 4.93. The third-order valence-electron chi connectivity index (χ3n) is 1.18. The van der Waals surface area contributed by atoms with E-state index in [0.29, 0.717) is 5.69 Å². The summed E-state index contributed by atoms with van der Waals surface area (Å²) in [5, 5.41) is 8.44. The van der Waals surface area contributed by atoms with Crippen LogP contribution in [0.1, 0.15) is 5.69 Å². The summed E-state index contributed by atoms with van der Waals surface area (Å²) in [4.78, 5) is 0. The average Bonchev–Trinajstić information content (AvgIpc) is 2.15. The molecule has 0 spiro atoms. The molecule has 1 rings (SSSR count). The standard InChI is InChI=1S/C6H5BrN2/c1-9-5(4-8)2-3-6(9)7/h2-3H,1H3. The second kappa shape index (κ2) is 2.24. The van der Waals surface area contributed by atoms with E-state index in [4.69, 9.17) is 5.26 Å². The molecule has 1 aromatic rings. The number of nitriles is 1. The SMILES string of the molecule is Cn1c(Br)ccc1C#N. The largest absolute Gasteiger partial charge is 0.330 e. The first-order valence-corrected chi connectivity index (χ1v) is 3.26. The molecule has 2 nitrogen and oxygen atoms in total. The van der Waals surface area contributed by atoms with E-state index in [1.54, 1.807) is 10.6 Å². The van der Waals surface area contributed by atoms with Crippen molar-refractivity contribution < 1.29 is 0 Å². The Morgan fingerprint density at radius 1 is 1.67 bits per heavy atom. The summed E-state index contributed by atoms with van der Waals surface area (Å²) in [6.45, 7) is 0. The Labute approximate surface area is 61.8 Å². The van der Waals surface area contributed by atoms with Gasteiger partial charge in [0.05, 0.1) is 4.60 Å². The molecule has 0 unspecified atom stereocenters. The number of rotatable bonds is 0. The highest BCUT2D eigenvalue weighted by Crippen LogP contribution is 2.11. The lowest BCUT2D eigenvalue weighted by Crippen LogP contribution is -1.89. The zero-order valence-corrected chi connectivity index (χ0v) is 6.51. The number of nitrogens with zero attached hydrogens (tertiary/aromatic N) is 2. The molecule has 9 heavy (non-hydrogen) atoms. The van der Waals surface area contributed by atoms with Crippen LogP contribution in [0.25, 0.3) is 0 Å². The quantitative estimate of drug-likeness (QED) is 0.604. The van der Waals surface area contributed by atoms with Crippen LogP contribution in [0.4, 0.5) is 0 Å². The van der Waals surface area contributed by atoms with E-state index in [1.165, 1.54) is 0 Å². The highest BCUT2D eigenvalue weighted by atomic mass is 79.9. The molecule has 0 fully saturated rings. The molecular weight excluding hydrogens is 180 g/mol. The lowest BCUT2D eigenvalue weighted by atomic mass is 10.5. The Kier molecular flexibility index (Phi) is 1.58. The van der Waals surface area contributed by atoms with Crippen molar-refractivity contribution in [3.63, 3.8) is 0 Å². The average molecular weight is 185 g/mol. The summed E-state index contributed by atoms with van der Waals surface area (Å²) in [5.41, 5.74) is 0.668. The maximum Gasteiger partial charge on any atom is 0.120 e. The Morgan fingerprint density at radius 2 is 2.33 bits per heavy atom. The predicted octanol–water partition coefficient (Wildman–Crippen LogP) is 1.66. The molecule has 0 aliphatic heterocycles. The fraction of sp³-hybridized carbons (Fsp3) is 0.167. The van der Waals surface area contributed by atoms with Gasteiger partial charge >= 0.3 is 0 Å². The van der Waals surface area contributed by atoms with Crippen molar-refractivity contribution in [2.24, 2.45) is 7.05 Å². The lowest BCUT2D eigenvalue weighted by molar-refractivity contribution is 0.884. The first kappa shape index (κ1) is 6.37. The minimum Gasteiger partial charge on any atom is -0.330 e. The second-order valence-corrected chi connectivity index (χ2v) is 2.52. The third-order valence-corrected chi connectivity index (χ3v) is 1.97. The van der Waals surface area contributed by atoms with Crippen LogP contribution in [0.3, 0.4) is 0 Å². The van der Waals surface area contributed by atoms with Crippen molar-refractivity contribution in [2.75, 3.05) is 0 Å². The van der Waals surface area contributed by atoms with Crippen LogP contribution in [0.15, 0.2) is 16.7 Å². The molecule has 0 amide bonds. The van der Waals surface area contributed by atoms with Crippen LogP contribution in [0, 0.1) is 11.3 Å². The minimum absolute atomic E-state index is 0.668. The number of aromatic nitrogens is 1. The molecule has 0 saturated heterocycles. The lowest BCUT2D eigenvalue weighted by Gasteiger charge is -1.92. The van der Waals surface area contributed by atoms with Crippen molar-refractivity contribution >= 4 is 15.9 Å². The van der Waals surface area contributed by atoms with E-state index < -0.39 is 0 Å². The smallest absolute Gasteiger partial charge is 0.120 e. The molecule has 3 heteroatoms. The molecule has 0 atom stereocenters. The highest BCUT2D eigenvalue weighted by molar-refractivity contribution is 9.10. The fourth-order valence-corrected chi connectivity index (χ4v) is 0.922. The minimum atomic E-state index is 0.668. The van der Waals surface area contributed by atoms with Gasteiger partial charge in [-0.1, -0.05) is 0 Å². The Morgan fingerprint density at radius 3 is 2.56 bits per heavy atom. The van der Waals surface area contributed by atoms with Crippen LogP contribution >= 0.6 is 15.9 Å². The van der Waals surface area contributed by atoms with Crippen molar-refractivity contribution in [1.82, 2.24) is 4.57 Å². The molecule has 0 bridgehead atoms. The first-order valence-electron chi connectivity index (χ1n) is 2.47. The van der Waals surface area contributed by atoms with Gasteiger partial charge in [-0.2, -0.15) is 5.26 Å². The van der Waals surface area contributed by atoms with Gasteiger partial charge in [-0.25, -0.2) is 0 Å². The van der Waals surface area contributed by atoms with Crippen LogP contribution in [-0.4, -0.2) is 4.57 Å². The van der Waals surface area contributed by atoms with Gasteiger partial charge in [0.25, 0.3) is 0 Å². The topological polar surface area (TPSA) is 28.7 Å². The summed E-state index contributed by atoms with van der Waals surface area (Å²) in [6.07, 6.45) is 0. The van der Waals surface area contributed by atoms with Crippen molar-refractivity contribution in [2.45, 2.75) is 0 Å². The van der Waals surface area contributed by atoms with Gasteiger partial charge in [-0.15, -0.1) is 0 Å². The van der Waals surface area contributed by atoms with Gasteiger partial charge < -0.3 is 4.57 Å². The predicted molar refractivity (Wildman–Crippen MR) is 37.8 cm³/mol. The van der Waals surface area contributed by atoms with Crippen LogP contribution in [0.2, 0.25) is 0 Å². The van der Waals surface area contributed by atoms with Crippen molar-refractivity contribution in [3.05, 3.63) is 22.4 Å². The molecule has 0 aliphatic rings. The molecule has 0 saturated carbocycles. The summed E-state index contributed by atoms with van der Waals surface area (Å²) in [5.74, 6) is 0. The Hall–Kier alpha value is -0.750. The molecule has 0 aliphatic carbocycles. The third kappa shape index (κ3) is 0.984. The second-order valence-electron chi connectivity index (χ2n) is 1.71. The Balaban J connectivity index is 3.24. The van der Waals surface area contributed by atoms with Crippen LogP contribution in [-0.2, 0) is 7.05 Å². The normalized spacial score (nSPS) is 9.00. The van der Waals surface area contributed by atoms with E-state index in [-0.39, 0.29) is 0 Å². The maximum atomic E-state index is 8.44. The highest BCUT2D eigenvalue weighted by Gasteiger charge is 1.97. The van der Waals surface area contributed by atoms with Crippen LogP contribution < -0.4 is 0 Å². The van der Waals surface area contributed by atoms with Gasteiger partial charge in [0.1, 0.15) is 11.8 Å². The first-order chi connectivity index (χ1) is 4.25. The molecule has 0 N–H and O–H groups in total. The van der Waals surface area contributed by atoms with Gasteiger partial charge in [0.2, 0.25) is 0 Å². The number of hydrogen-bond acceptors (Lipinski definition) is 1. The van der Waals surface area contributed by atoms with Gasteiger partial charge in [-0.05, 0) is 28.1 Å². The van der Waals surface area contributed by atoms with Crippen molar-refractivity contribution in [3.8, 4) is 6.07 Å². The van der Waals surface area contributed by atoms with E-state index in [1.807, 2.05) is 19.2 Å². The van der Waals surface area contributed by atoms with E-state index in [0.717, 1.165) is 4.60 Å². The molecular formula is C6H5BrN2. The molecule has 0 aromatic carbocycles. The number of hydrogen-bond donors (Lipinski definition) is 0. The summed E-state index contributed by atoms with van der Waals surface area (Å²) in [6, 6.07) is 5.66. The van der Waals surface area contributed by atoms with Crippen molar-refractivity contribution in [1.29, 1.82) is 5.26 Å². The fourth-order valence-electron chi connectivity index (χ4n) is 0.599. The van der Waals surface area contributed by atoms with E-state index in [2.05, 4.69) is 15.9 Å². The van der Waals surface area contributed by atoms with Gasteiger partial charge in [0.15, 0.2) is 0 Å². The summed E-state index contributed by atoms with van der Waals surface area (Å²) < 4.78 is 2.71. The number of halogens is 1. The van der Waals surface area contributed by atoms with Crippen LogP contribution in [0.5, 0.6) is 0 Å². The van der Waals surface area contributed by atoms with Gasteiger partial charge in [-0.3, -0.25) is 0 Å². The Bertz CT molecular complexity index is 257. The summed E-state index contributed by atoms with van der Waals surface area (Å²) >= 11 is 3.27. The summed E-state index contributed by atoms with van der Waals surface area (Å²) in [7, 11) is 1.84. The molecule has 46 valence electrons.